The molecule has 1 aromatic carbocycles. The van der Waals surface area contributed by atoms with Crippen molar-refractivity contribution in [3.05, 3.63) is 71.9 Å². The van der Waals surface area contributed by atoms with Crippen LogP contribution in [0.2, 0.25) is 0 Å². The third kappa shape index (κ3) is 4.22. The molecule has 150 valence electrons. The van der Waals surface area contributed by atoms with Crippen molar-refractivity contribution in [1.82, 2.24) is 15.0 Å². The van der Waals surface area contributed by atoms with Crippen LogP contribution in [0.15, 0.2) is 63.7 Å². The fourth-order valence-corrected chi connectivity index (χ4v) is 3.52. The predicted octanol–water partition coefficient (Wildman–Crippen LogP) is 2.71. The van der Waals surface area contributed by atoms with E-state index < -0.39 is 6.04 Å². The van der Waals surface area contributed by atoms with Gasteiger partial charge in [-0.05, 0) is 24.6 Å². The number of piperazine rings is 1. The van der Waals surface area contributed by atoms with Crippen LogP contribution in [0.5, 0.6) is 0 Å². The Balaban J connectivity index is 1.48. The number of amides is 2. The second kappa shape index (κ2) is 8.32. The van der Waals surface area contributed by atoms with Crippen molar-refractivity contribution in [3.8, 4) is 0 Å². The Kier molecular flexibility index (Phi) is 5.44. The molecule has 0 spiro atoms. The largest absolute Gasteiger partial charge is 0.459 e. The van der Waals surface area contributed by atoms with Crippen LogP contribution in [0.25, 0.3) is 0 Å². The maximum absolute atomic E-state index is 13.1. The molecular weight excluding hydrogens is 372 g/mol. The first kappa shape index (κ1) is 18.9. The van der Waals surface area contributed by atoms with E-state index in [1.54, 1.807) is 30.0 Å². The summed E-state index contributed by atoms with van der Waals surface area (Å²) in [6, 6.07) is 14.1. The highest BCUT2D eigenvalue weighted by molar-refractivity contribution is 5.95. The van der Waals surface area contributed by atoms with Crippen molar-refractivity contribution >= 4 is 17.6 Å². The lowest BCUT2D eigenvalue weighted by atomic mass is 10.0. The Morgan fingerprint density at radius 1 is 1.07 bits per heavy atom. The Morgan fingerprint density at radius 3 is 2.45 bits per heavy atom. The summed E-state index contributed by atoms with van der Waals surface area (Å²) in [6.45, 7) is 3.93. The van der Waals surface area contributed by atoms with Crippen molar-refractivity contribution in [3.63, 3.8) is 0 Å². The summed E-state index contributed by atoms with van der Waals surface area (Å²) >= 11 is 0. The van der Waals surface area contributed by atoms with Gasteiger partial charge in [-0.3, -0.25) is 14.5 Å². The number of hydrogen-bond donors (Lipinski definition) is 1. The van der Waals surface area contributed by atoms with Crippen LogP contribution in [0, 0.1) is 6.92 Å². The van der Waals surface area contributed by atoms with E-state index in [9.17, 15) is 9.59 Å². The molecule has 1 saturated heterocycles. The van der Waals surface area contributed by atoms with Gasteiger partial charge < -0.3 is 19.2 Å². The van der Waals surface area contributed by atoms with E-state index in [1.165, 1.54) is 6.26 Å². The SMILES string of the molecule is Cc1cc(NC(=O)[C@H](c2ccccc2)N2CCN(C(=O)c3ccco3)CC2)no1. The predicted molar refractivity (Wildman–Crippen MR) is 105 cm³/mol. The summed E-state index contributed by atoms with van der Waals surface area (Å²) in [5, 5.41) is 6.69. The fraction of sp³-hybridized carbons (Fsp3) is 0.286. The number of furan rings is 1. The van der Waals surface area contributed by atoms with Gasteiger partial charge in [-0.2, -0.15) is 0 Å². The molecule has 1 atom stereocenters. The number of benzene rings is 1. The van der Waals surface area contributed by atoms with Crippen LogP contribution >= 0.6 is 0 Å². The zero-order chi connectivity index (χ0) is 20.2. The van der Waals surface area contributed by atoms with Crippen molar-refractivity contribution in [2.45, 2.75) is 13.0 Å². The normalized spacial score (nSPS) is 15.8. The fourth-order valence-electron chi connectivity index (χ4n) is 3.52. The second-order valence-corrected chi connectivity index (χ2v) is 6.93. The van der Waals surface area contributed by atoms with E-state index in [4.69, 9.17) is 8.94 Å². The van der Waals surface area contributed by atoms with Gasteiger partial charge in [0.15, 0.2) is 11.6 Å². The summed E-state index contributed by atoms with van der Waals surface area (Å²) < 4.78 is 10.3. The van der Waals surface area contributed by atoms with Gasteiger partial charge in [0.1, 0.15) is 11.8 Å². The number of carbonyl (C=O) groups excluding carboxylic acids is 2. The molecule has 0 radical (unpaired) electrons. The molecule has 8 nitrogen and oxygen atoms in total. The van der Waals surface area contributed by atoms with Crippen molar-refractivity contribution in [2.24, 2.45) is 0 Å². The molecule has 8 heteroatoms. The molecule has 29 heavy (non-hydrogen) atoms. The zero-order valence-electron chi connectivity index (χ0n) is 16.1. The summed E-state index contributed by atoms with van der Waals surface area (Å²) in [5.41, 5.74) is 0.885. The lowest BCUT2D eigenvalue weighted by molar-refractivity contribution is -0.122. The average molecular weight is 394 g/mol. The molecular formula is C21H22N4O4. The highest BCUT2D eigenvalue weighted by atomic mass is 16.5. The Hall–Kier alpha value is -3.39. The second-order valence-electron chi connectivity index (χ2n) is 6.93. The molecule has 0 aliphatic carbocycles. The van der Waals surface area contributed by atoms with Gasteiger partial charge >= 0.3 is 0 Å². The first-order chi connectivity index (χ1) is 14.1. The topological polar surface area (TPSA) is 91.8 Å². The molecule has 1 aliphatic heterocycles. The van der Waals surface area contributed by atoms with Crippen LogP contribution in [-0.2, 0) is 4.79 Å². The van der Waals surface area contributed by atoms with Crippen LogP contribution in [0.4, 0.5) is 5.82 Å². The number of hydrogen-bond acceptors (Lipinski definition) is 6. The first-order valence-corrected chi connectivity index (χ1v) is 9.48. The molecule has 3 heterocycles. The lowest BCUT2D eigenvalue weighted by Gasteiger charge is -2.38. The maximum atomic E-state index is 13.1. The Labute approximate surface area is 168 Å². The molecule has 0 saturated carbocycles. The highest BCUT2D eigenvalue weighted by Crippen LogP contribution is 2.25. The van der Waals surface area contributed by atoms with Crippen LogP contribution < -0.4 is 5.32 Å². The van der Waals surface area contributed by atoms with E-state index in [-0.39, 0.29) is 11.8 Å². The minimum atomic E-state index is -0.492. The molecule has 1 N–H and O–H groups in total. The van der Waals surface area contributed by atoms with Gasteiger partial charge in [-0.25, -0.2) is 0 Å². The van der Waals surface area contributed by atoms with Crippen molar-refractivity contribution in [1.29, 1.82) is 0 Å². The smallest absolute Gasteiger partial charge is 0.289 e. The molecule has 3 aromatic rings. The third-order valence-electron chi connectivity index (χ3n) is 4.94. The minimum absolute atomic E-state index is 0.131. The summed E-state index contributed by atoms with van der Waals surface area (Å²) in [4.78, 5) is 29.4. The number of aryl methyl sites for hydroxylation is 1. The van der Waals surface area contributed by atoms with E-state index in [0.717, 1.165) is 5.56 Å². The molecule has 4 rings (SSSR count). The number of nitrogens with one attached hydrogen (secondary N) is 1. The number of aromatic nitrogens is 1. The minimum Gasteiger partial charge on any atom is -0.459 e. The standard InChI is InChI=1S/C21H22N4O4/c1-15-14-18(23-29-15)22-20(26)19(16-6-3-2-4-7-16)24-9-11-25(12-10-24)21(27)17-8-5-13-28-17/h2-8,13-14,19H,9-12H2,1H3,(H,22,23,26)/t19-/m0/s1. The van der Waals surface area contributed by atoms with E-state index in [2.05, 4.69) is 15.4 Å². The number of rotatable bonds is 5. The summed E-state index contributed by atoms with van der Waals surface area (Å²) in [5.74, 6) is 1.03. The Bertz CT molecular complexity index is 960. The molecule has 2 amide bonds. The zero-order valence-corrected chi connectivity index (χ0v) is 16.1. The number of nitrogens with zero attached hydrogens (tertiary/aromatic N) is 3. The molecule has 0 bridgehead atoms. The Morgan fingerprint density at radius 2 is 1.83 bits per heavy atom. The van der Waals surface area contributed by atoms with E-state index in [0.29, 0.717) is 43.5 Å². The average Bonchev–Trinajstić information content (AvgIpc) is 3.41. The van der Waals surface area contributed by atoms with E-state index >= 15 is 0 Å². The van der Waals surface area contributed by atoms with Gasteiger partial charge in [0.25, 0.3) is 5.91 Å². The first-order valence-electron chi connectivity index (χ1n) is 9.48. The summed E-state index contributed by atoms with van der Waals surface area (Å²) in [7, 11) is 0. The molecule has 0 unspecified atom stereocenters. The number of anilines is 1. The van der Waals surface area contributed by atoms with Crippen molar-refractivity contribution < 1.29 is 18.5 Å². The van der Waals surface area contributed by atoms with Gasteiger partial charge in [0.2, 0.25) is 5.91 Å². The quantitative estimate of drug-likeness (QED) is 0.715. The van der Waals surface area contributed by atoms with E-state index in [1.807, 2.05) is 30.3 Å². The third-order valence-corrected chi connectivity index (χ3v) is 4.94. The van der Waals surface area contributed by atoms with Crippen LogP contribution in [-0.4, -0.2) is 52.9 Å². The van der Waals surface area contributed by atoms with Gasteiger partial charge in [0.05, 0.1) is 6.26 Å². The van der Waals surface area contributed by atoms with Gasteiger partial charge in [-0.1, -0.05) is 35.5 Å². The van der Waals surface area contributed by atoms with Gasteiger partial charge in [0, 0.05) is 32.2 Å². The monoisotopic (exact) mass is 394 g/mol. The van der Waals surface area contributed by atoms with Crippen LogP contribution in [0.1, 0.15) is 27.9 Å². The van der Waals surface area contributed by atoms with Crippen molar-refractivity contribution in [2.75, 3.05) is 31.5 Å². The molecule has 1 aliphatic rings. The molecule has 2 aromatic heterocycles. The lowest BCUT2D eigenvalue weighted by Crippen LogP contribution is -2.51. The van der Waals surface area contributed by atoms with Gasteiger partial charge in [-0.15, -0.1) is 0 Å². The summed E-state index contributed by atoms with van der Waals surface area (Å²) in [6.07, 6.45) is 1.49. The number of carbonyl (C=O) groups is 2. The molecule has 1 fully saturated rings. The highest BCUT2D eigenvalue weighted by Gasteiger charge is 2.32. The maximum Gasteiger partial charge on any atom is 0.289 e. The van der Waals surface area contributed by atoms with Crippen LogP contribution in [0.3, 0.4) is 0 Å².